The monoisotopic (exact) mass is 710 g/mol. The summed E-state index contributed by atoms with van der Waals surface area (Å²) in [6.07, 6.45) is 3.89. The van der Waals surface area contributed by atoms with E-state index in [1.165, 1.54) is 7.11 Å². The summed E-state index contributed by atoms with van der Waals surface area (Å²) in [6, 6.07) is 29.9. The van der Waals surface area contributed by atoms with Gasteiger partial charge < -0.3 is 28.4 Å². The number of ether oxygens (including phenoxy) is 6. The molecule has 0 radical (unpaired) electrons. The van der Waals surface area contributed by atoms with Gasteiger partial charge in [-0.15, -0.1) is 0 Å². The van der Waals surface area contributed by atoms with E-state index >= 15 is 0 Å². The normalized spacial score (nSPS) is 10.6. The molecule has 0 fully saturated rings. The first-order valence-corrected chi connectivity index (χ1v) is 17.0. The third-order valence-corrected chi connectivity index (χ3v) is 7.72. The van der Waals surface area contributed by atoms with E-state index in [2.05, 4.69) is 13.2 Å². The molecule has 4 aromatic carbocycles. The Hall–Kier alpha value is -5.74. The molecule has 0 heterocycles. The van der Waals surface area contributed by atoms with Gasteiger partial charge in [0.1, 0.15) is 17.2 Å². The lowest BCUT2D eigenvalue weighted by Gasteiger charge is -2.09. The smallest absolute Gasteiger partial charge is 0.366 e. The molecule has 272 valence electrons. The molecule has 0 spiro atoms. The average Bonchev–Trinajstić information content (AvgIpc) is 3.16. The highest BCUT2D eigenvalue weighted by Gasteiger charge is 2.11. The van der Waals surface area contributed by atoms with Crippen LogP contribution in [-0.4, -0.2) is 58.1 Å². The van der Waals surface area contributed by atoms with Crippen molar-refractivity contribution in [1.29, 1.82) is 0 Å². The lowest BCUT2D eigenvalue weighted by atomic mass is 10.0. The summed E-state index contributed by atoms with van der Waals surface area (Å²) in [5, 5.41) is 0. The van der Waals surface area contributed by atoms with Crippen molar-refractivity contribution in [3.05, 3.63) is 127 Å². The summed E-state index contributed by atoms with van der Waals surface area (Å²) >= 11 is 0. The molecule has 0 saturated heterocycles. The van der Waals surface area contributed by atoms with E-state index in [4.69, 9.17) is 28.4 Å². The van der Waals surface area contributed by atoms with Gasteiger partial charge in [0.15, 0.2) is 0 Å². The number of carbonyl (C=O) groups is 3. The van der Waals surface area contributed by atoms with E-state index in [0.717, 1.165) is 47.9 Å². The zero-order valence-electron chi connectivity index (χ0n) is 29.3. The predicted molar refractivity (Wildman–Crippen MR) is 196 cm³/mol. The van der Waals surface area contributed by atoms with Crippen molar-refractivity contribution in [2.75, 3.05) is 40.1 Å². The third kappa shape index (κ3) is 12.9. The standard InChI is InChI=1S/C42H43FO9/c1-30(29-47-3)40(44)50-26-7-5-4-6-25-48-38-21-17-36(18-22-38)42(46)52-39-23-15-35(16-24-39)33-11-9-32(10-12-33)34-13-19-37(20-14-34)49-27-8-28-51-41(45)31(2)43/h9-24H,1-2,4-8,25-29H2,3H3. The van der Waals surface area contributed by atoms with Gasteiger partial charge in [-0.25, -0.2) is 14.4 Å². The molecule has 0 amide bonds. The lowest BCUT2D eigenvalue weighted by molar-refractivity contribution is -0.141. The first-order chi connectivity index (χ1) is 25.2. The highest BCUT2D eigenvalue weighted by molar-refractivity contribution is 5.91. The Balaban J connectivity index is 1.15. The number of carbonyl (C=O) groups excluding carboxylic acids is 3. The number of benzene rings is 4. The first-order valence-electron chi connectivity index (χ1n) is 17.0. The molecular formula is C42H43FO9. The van der Waals surface area contributed by atoms with Gasteiger partial charge in [0.05, 0.1) is 44.2 Å². The first kappa shape index (κ1) is 39.1. The van der Waals surface area contributed by atoms with Crippen molar-refractivity contribution >= 4 is 17.9 Å². The minimum atomic E-state index is -1.12. The van der Waals surface area contributed by atoms with Crippen LogP contribution in [0.25, 0.3) is 22.3 Å². The second-order valence-electron chi connectivity index (χ2n) is 11.7. The van der Waals surface area contributed by atoms with Crippen LogP contribution in [0.5, 0.6) is 17.2 Å². The Morgan fingerprint density at radius 3 is 1.48 bits per heavy atom. The molecular weight excluding hydrogens is 667 g/mol. The summed E-state index contributed by atoms with van der Waals surface area (Å²) in [5.74, 6) is -1.28. The van der Waals surface area contributed by atoms with Gasteiger partial charge in [-0.05, 0) is 96.5 Å². The van der Waals surface area contributed by atoms with E-state index in [9.17, 15) is 18.8 Å². The summed E-state index contributed by atoms with van der Waals surface area (Å²) < 4.78 is 44.4. The minimum Gasteiger partial charge on any atom is -0.494 e. The van der Waals surface area contributed by atoms with Gasteiger partial charge in [-0.3, -0.25) is 0 Å². The van der Waals surface area contributed by atoms with Crippen LogP contribution in [0.15, 0.2) is 122 Å². The molecule has 4 rings (SSSR count). The minimum absolute atomic E-state index is 0.0487. The van der Waals surface area contributed by atoms with E-state index < -0.39 is 23.7 Å². The van der Waals surface area contributed by atoms with Crippen molar-refractivity contribution in [3.63, 3.8) is 0 Å². The van der Waals surface area contributed by atoms with Gasteiger partial charge in [0.25, 0.3) is 0 Å². The summed E-state index contributed by atoms with van der Waals surface area (Å²) in [5.41, 5.74) is 4.77. The van der Waals surface area contributed by atoms with Crippen molar-refractivity contribution in [3.8, 4) is 39.5 Å². The Kier molecular flexibility index (Phi) is 15.6. The van der Waals surface area contributed by atoms with E-state index in [1.807, 2.05) is 60.7 Å². The topological polar surface area (TPSA) is 107 Å². The number of halogens is 1. The van der Waals surface area contributed by atoms with Crippen molar-refractivity contribution in [1.82, 2.24) is 0 Å². The molecule has 0 atom stereocenters. The van der Waals surface area contributed by atoms with Crippen molar-refractivity contribution in [2.45, 2.75) is 32.1 Å². The molecule has 0 unspecified atom stereocenters. The van der Waals surface area contributed by atoms with Crippen LogP contribution < -0.4 is 14.2 Å². The molecule has 0 aromatic heterocycles. The van der Waals surface area contributed by atoms with E-state index in [-0.39, 0.29) is 13.2 Å². The van der Waals surface area contributed by atoms with Gasteiger partial charge in [-0.2, -0.15) is 4.39 Å². The van der Waals surface area contributed by atoms with Crippen LogP contribution >= 0.6 is 0 Å². The second kappa shape index (κ2) is 20.8. The molecule has 4 aromatic rings. The van der Waals surface area contributed by atoms with Gasteiger partial charge in [0, 0.05) is 13.5 Å². The third-order valence-electron chi connectivity index (χ3n) is 7.72. The SMILES string of the molecule is C=C(F)C(=O)OCCCOc1ccc(-c2ccc(-c3ccc(OC(=O)c4ccc(OCCCCCCOC(=O)C(=C)COC)cc4)cc3)cc2)cc1. The molecule has 0 N–H and O–H groups in total. The molecule has 0 aliphatic heterocycles. The Morgan fingerprint density at radius 2 is 0.962 bits per heavy atom. The Bertz CT molecular complexity index is 1760. The van der Waals surface area contributed by atoms with Crippen LogP contribution in [0, 0.1) is 0 Å². The maximum absolute atomic E-state index is 12.7. The van der Waals surface area contributed by atoms with Crippen LogP contribution in [0.3, 0.4) is 0 Å². The fourth-order valence-electron chi connectivity index (χ4n) is 4.91. The number of rotatable bonds is 21. The Morgan fingerprint density at radius 1 is 0.538 bits per heavy atom. The maximum atomic E-state index is 12.7. The van der Waals surface area contributed by atoms with Gasteiger partial charge in [0.2, 0.25) is 5.83 Å². The molecule has 0 bridgehead atoms. The predicted octanol–water partition coefficient (Wildman–Crippen LogP) is 8.72. The molecule has 0 saturated carbocycles. The number of methoxy groups -OCH3 is 1. The largest absolute Gasteiger partial charge is 0.494 e. The molecule has 0 aliphatic rings. The number of unbranched alkanes of at least 4 members (excludes halogenated alkanes) is 3. The fraction of sp³-hybridized carbons (Fsp3) is 0.262. The van der Waals surface area contributed by atoms with Gasteiger partial charge in [-0.1, -0.05) is 61.7 Å². The van der Waals surface area contributed by atoms with Crippen LogP contribution in [-0.2, 0) is 23.8 Å². The van der Waals surface area contributed by atoms with E-state index in [1.54, 1.807) is 36.4 Å². The number of hydrogen-bond acceptors (Lipinski definition) is 9. The number of esters is 3. The van der Waals surface area contributed by atoms with Crippen molar-refractivity contribution < 1.29 is 47.2 Å². The molecule has 9 nitrogen and oxygen atoms in total. The summed E-state index contributed by atoms with van der Waals surface area (Å²) in [7, 11) is 1.50. The quantitative estimate of drug-likeness (QED) is 0.0363. The summed E-state index contributed by atoms with van der Waals surface area (Å²) in [6.45, 7) is 7.95. The van der Waals surface area contributed by atoms with E-state index in [0.29, 0.717) is 54.6 Å². The zero-order chi connectivity index (χ0) is 37.1. The summed E-state index contributed by atoms with van der Waals surface area (Å²) in [4.78, 5) is 35.5. The van der Waals surface area contributed by atoms with Crippen LogP contribution in [0.4, 0.5) is 4.39 Å². The number of hydrogen-bond donors (Lipinski definition) is 0. The molecule has 0 aliphatic carbocycles. The van der Waals surface area contributed by atoms with Gasteiger partial charge >= 0.3 is 17.9 Å². The fourth-order valence-corrected chi connectivity index (χ4v) is 4.91. The average molecular weight is 711 g/mol. The zero-order valence-corrected chi connectivity index (χ0v) is 29.3. The van der Waals surface area contributed by atoms with Crippen molar-refractivity contribution in [2.24, 2.45) is 0 Å². The van der Waals surface area contributed by atoms with Crippen LogP contribution in [0.1, 0.15) is 42.5 Å². The molecule has 52 heavy (non-hydrogen) atoms. The maximum Gasteiger partial charge on any atom is 0.366 e. The lowest BCUT2D eigenvalue weighted by Crippen LogP contribution is -2.11. The highest BCUT2D eigenvalue weighted by atomic mass is 19.1. The van der Waals surface area contributed by atoms with Crippen LogP contribution in [0.2, 0.25) is 0 Å². The second-order valence-corrected chi connectivity index (χ2v) is 11.7. The highest BCUT2D eigenvalue weighted by Crippen LogP contribution is 2.28. The Labute approximate surface area is 303 Å². The molecule has 10 heteroatoms.